The highest BCUT2D eigenvalue weighted by molar-refractivity contribution is 6.07. The molecule has 4 saturated heterocycles. The summed E-state index contributed by atoms with van der Waals surface area (Å²) in [6.07, 6.45) is 5.24. The third-order valence-electron chi connectivity index (χ3n) is 6.70. The van der Waals surface area contributed by atoms with Crippen LogP contribution in [0.4, 0.5) is 0 Å². The standard InChI is InChI=1S/C21H26N4O4/c1-13-19(14-2-4-24(13)5-3-14)23-20(26)17-10-15-16(12-29-18(15)11-22-17)21(27)25-6-8-28-9-7-25/h10-14,19H,2-9H2,1H3,(H,23,26)/t13-,19-/m0/s1. The first-order valence-corrected chi connectivity index (χ1v) is 10.4. The molecule has 154 valence electrons. The van der Waals surface area contributed by atoms with Crippen LogP contribution < -0.4 is 5.32 Å². The van der Waals surface area contributed by atoms with Gasteiger partial charge in [-0.3, -0.25) is 14.5 Å². The summed E-state index contributed by atoms with van der Waals surface area (Å²) >= 11 is 0. The number of aromatic nitrogens is 1. The minimum absolute atomic E-state index is 0.101. The average Bonchev–Trinajstić information content (AvgIpc) is 3.20. The van der Waals surface area contributed by atoms with Gasteiger partial charge in [0.15, 0.2) is 5.58 Å². The molecular weight excluding hydrogens is 372 g/mol. The fourth-order valence-electron chi connectivity index (χ4n) is 4.93. The highest BCUT2D eigenvalue weighted by atomic mass is 16.5. The first-order valence-electron chi connectivity index (χ1n) is 10.4. The first-order chi connectivity index (χ1) is 14.1. The van der Waals surface area contributed by atoms with Crippen molar-refractivity contribution in [1.29, 1.82) is 0 Å². The average molecular weight is 398 g/mol. The molecule has 0 unspecified atom stereocenters. The number of hydrogen-bond donors (Lipinski definition) is 1. The van der Waals surface area contributed by atoms with Crippen LogP contribution in [0.15, 0.2) is 22.9 Å². The molecule has 4 aliphatic rings. The molecule has 2 atom stereocenters. The van der Waals surface area contributed by atoms with Crippen molar-refractivity contribution in [3.05, 3.63) is 29.8 Å². The maximum Gasteiger partial charge on any atom is 0.270 e. The van der Waals surface area contributed by atoms with Crippen molar-refractivity contribution in [2.24, 2.45) is 5.92 Å². The van der Waals surface area contributed by atoms with E-state index in [2.05, 4.69) is 22.1 Å². The number of fused-ring (bicyclic) bond motifs is 4. The number of ether oxygens (including phenoxy) is 1. The molecule has 2 bridgehead atoms. The minimum Gasteiger partial charge on any atom is -0.462 e. The van der Waals surface area contributed by atoms with E-state index in [0.29, 0.717) is 60.5 Å². The molecule has 2 aromatic heterocycles. The molecule has 0 aromatic carbocycles. The zero-order valence-electron chi connectivity index (χ0n) is 16.6. The number of carbonyl (C=O) groups excluding carboxylic acids is 2. The van der Waals surface area contributed by atoms with Crippen molar-refractivity contribution >= 4 is 22.8 Å². The van der Waals surface area contributed by atoms with E-state index >= 15 is 0 Å². The van der Waals surface area contributed by atoms with Crippen LogP contribution in [0.3, 0.4) is 0 Å². The van der Waals surface area contributed by atoms with Crippen LogP contribution in [0.5, 0.6) is 0 Å². The molecule has 0 radical (unpaired) electrons. The third kappa shape index (κ3) is 3.30. The molecule has 29 heavy (non-hydrogen) atoms. The number of nitrogens with one attached hydrogen (secondary N) is 1. The van der Waals surface area contributed by atoms with Crippen LogP contribution in [0.2, 0.25) is 0 Å². The van der Waals surface area contributed by atoms with Crippen molar-refractivity contribution in [3.8, 4) is 0 Å². The molecule has 1 N–H and O–H groups in total. The van der Waals surface area contributed by atoms with Gasteiger partial charge < -0.3 is 19.4 Å². The fraction of sp³-hybridized carbons (Fsp3) is 0.571. The molecule has 6 heterocycles. The van der Waals surface area contributed by atoms with Crippen LogP contribution >= 0.6 is 0 Å². The van der Waals surface area contributed by atoms with Crippen molar-refractivity contribution in [3.63, 3.8) is 0 Å². The van der Waals surface area contributed by atoms with Crippen molar-refractivity contribution in [2.45, 2.75) is 31.8 Å². The molecule has 2 aromatic rings. The molecule has 4 fully saturated rings. The van der Waals surface area contributed by atoms with Gasteiger partial charge >= 0.3 is 0 Å². The van der Waals surface area contributed by atoms with Gasteiger partial charge in [0.25, 0.3) is 11.8 Å². The van der Waals surface area contributed by atoms with Gasteiger partial charge in [-0.1, -0.05) is 0 Å². The molecule has 8 heteroatoms. The summed E-state index contributed by atoms with van der Waals surface area (Å²) in [5.74, 6) is 0.231. The van der Waals surface area contributed by atoms with E-state index < -0.39 is 0 Å². The van der Waals surface area contributed by atoms with Gasteiger partial charge in [0, 0.05) is 30.6 Å². The third-order valence-corrected chi connectivity index (χ3v) is 6.70. The Bertz CT molecular complexity index is 926. The highest BCUT2D eigenvalue weighted by Crippen LogP contribution is 2.32. The lowest BCUT2D eigenvalue weighted by Gasteiger charge is -2.49. The lowest BCUT2D eigenvalue weighted by molar-refractivity contribution is 0.0216. The number of pyridine rings is 1. The predicted molar refractivity (Wildman–Crippen MR) is 106 cm³/mol. The number of rotatable bonds is 3. The zero-order chi connectivity index (χ0) is 20.0. The lowest BCUT2D eigenvalue weighted by Crippen LogP contribution is -2.62. The SMILES string of the molecule is C[C@H]1[C@H](NC(=O)c2cc3c(C(=O)N4CCOCC4)coc3cn2)C2CCN1CC2. The molecular formula is C21H26N4O4. The molecule has 0 saturated carbocycles. The summed E-state index contributed by atoms with van der Waals surface area (Å²) in [7, 11) is 0. The normalized spacial score (nSPS) is 29.2. The maximum absolute atomic E-state index is 12.9. The largest absolute Gasteiger partial charge is 0.462 e. The molecule has 8 nitrogen and oxygen atoms in total. The molecule has 6 rings (SSSR count). The second-order valence-electron chi connectivity index (χ2n) is 8.23. The summed E-state index contributed by atoms with van der Waals surface area (Å²) in [6, 6.07) is 2.15. The quantitative estimate of drug-likeness (QED) is 0.843. The Labute approximate surface area is 169 Å². The van der Waals surface area contributed by atoms with Gasteiger partial charge in [0.05, 0.1) is 25.0 Å². The van der Waals surface area contributed by atoms with E-state index in [1.54, 1.807) is 11.0 Å². The Balaban J connectivity index is 1.38. The van der Waals surface area contributed by atoms with Gasteiger partial charge in [-0.05, 0) is 44.8 Å². The monoisotopic (exact) mass is 398 g/mol. The van der Waals surface area contributed by atoms with E-state index in [1.807, 2.05) is 0 Å². The van der Waals surface area contributed by atoms with Crippen LogP contribution in [-0.2, 0) is 4.74 Å². The highest BCUT2D eigenvalue weighted by Gasteiger charge is 2.40. The maximum atomic E-state index is 12.9. The molecule has 4 aliphatic heterocycles. The van der Waals surface area contributed by atoms with E-state index in [4.69, 9.17) is 9.15 Å². The van der Waals surface area contributed by atoms with Crippen molar-refractivity contribution in [1.82, 2.24) is 20.1 Å². The van der Waals surface area contributed by atoms with E-state index in [1.165, 1.54) is 12.5 Å². The number of carbonyl (C=O) groups is 2. The summed E-state index contributed by atoms with van der Waals surface area (Å²) in [6.45, 7) is 6.60. The van der Waals surface area contributed by atoms with Gasteiger partial charge in [-0.25, -0.2) is 4.98 Å². The molecule has 0 spiro atoms. The predicted octanol–water partition coefficient (Wildman–Crippen LogP) is 1.51. The number of hydrogen-bond acceptors (Lipinski definition) is 6. The van der Waals surface area contributed by atoms with E-state index in [9.17, 15) is 9.59 Å². The second-order valence-corrected chi connectivity index (χ2v) is 8.23. The fourth-order valence-corrected chi connectivity index (χ4v) is 4.93. The van der Waals surface area contributed by atoms with Crippen LogP contribution in [-0.4, -0.2) is 78.1 Å². The minimum atomic E-state index is -0.191. The van der Waals surface area contributed by atoms with Gasteiger partial charge in [-0.15, -0.1) is 0 Å². The zero-order valence-corrected chi connectivity index (χ0v) is 16.6. The second kappa shape index (κ2) is 7.42. The van der Waals surface area contributed by atoms with Crippen LogP contribution in [0.25, 0.3) is 11.0 Å². The lowest BCUT2D eigenvalue weighted by atomic mass is 9.79. The number of amides is 2. The Morgan fingerprint density at radius 3 is 2.66 bits per heavy atom. The van der Waals surface area contributed by atoms with E-state index in [0.717, 1.165) is 25.9 Å². The van der Waals surface area contributed by atoms with Crippen molar-refractivity contribution in [2.75, 3.05) is 39.4 Å². The van der Waals surface area contributed by atoms with Crippen LogP contribution in [0.1, 0.15) is 40.6 Å². The number of nitrogens with zero attached hydrogens (tertiary/aromatic N) is 3. The molecule has 2 amide bonds. The summed E-state index contributed by atoms with van der Waals surface area (Å²) in [5, 5.41) is 3.83. The smallest absolute Gasteiger partial charge is 0.270 e. The van der Waals surface area contributed by atoms with Crippen LogP contribution in [0, 0.1) is 5.92 Å². The Kier molecular flexibility index (Phi) is 4.75. The summed E-state index contributed by atoms with van der Waals surface area (Å²) in [5.41, 5.74) is 1.29. The van der Waals surface area contributed by atoms with Gasteiger partial charge in [0.1, 0.15) is 12.0 Å². The number of morpholine rings is 1. The Hall–Kier alpha value is -2.45. The number of piperidine rings is 3. The van der Waals surface area contributed by atoms with Crippen molar-refractivity contribution < 1.29 is 18.7 Å². The van der Waals surface area contributed by atoms with Gasteiger partial charge in [-0.2, -0.15) is 0 Å². The topological polar surface area (TPSA) is 87.9 Å². The summed E-state index contributed by atoms with van der Waals surface area (Å²) in [4.78, 5) is 34.3. The summed E-state index contributed by atoms with van der Waals surface area (Å²) < 4.78 is 10.8. The molecule has 0 aliphatic carbocycles. The Morgan fingerprint density at radius 1 is 1.17 bits per heavy atom. The van der Waals surface area contributed by atoms with Gasteiger partial charge in [0.2, 0.25) is 0 Å². The Morgan fingerprint density at radius 2 is 1.93 bits per heavy atom. The van der Waals surface area contributed by atoms with E-state index in [-0.39, 0.29) is 17.9 Å². The number of furan rings is 1. The first kappa shape index (κ1) is 18.6.